The van der Waals surface area contributed by atoms with E-state index in [0.29, 0.717) is 10.0 Å². The van der Waals surface area contributed by atoms with Gasteiger partial charge in [0.15, 0.2) is 0 Å². The molecule has 0 bridgehead atoms. The molecule has 0 aliphatic heterocycles. The van der Waals surface area contributed by atoms with Crippen LogP contribution >= 0.6 is 23.2 Å². The molecule has 1 unspecified atom stereocenters. The summed E-state index contributed by atoms with van der Waals surface area (Å²) >= 11 is 11.9. The molecule has 0 aromatic heterocycles. The molecule has 0 saturated heterocycles. The molecule has 0 radical (unpaired) electrons. The fraction of sp³-hybridized carbons (Fsp3) is 0.294. The van der Waals surface area contributed by atoms with Gasteiger partial charge in [-0.1, -0.05) is 60.5 Å². The molecule has 0 fully saturated rings. The van der Waals surface area contributed by atoms with Gasteiger partial charge >= 0.3 is 0 Å². The van der Waals surface area contributed by atoms with Gasteiger partial charge in [0.25, 0.3) is 0 Å². The van der Waals surface area contributed by atoms with Crippen molar-refractivity contribution in [1.82, 2.24) is 0 Å². The molecule has 3 heteroatoms. The summed E-state index contributed by atoms with van der Waals surface area (Å²) < 4.78 is 0. The normalized spacial score (nSPS) is 12.4. The third-order valence-electron chi connectivity index (χ3n) is 3.41. The molecule has 0 spiro atoms. The maximum atomic E-state index is 6.22. The van der Waals surface area contributed by atoms with E-state index in [1.807, 2.05) is 18.2 Å². The van der Waals surface area contributed by atoms with E-state index >= 15 is 0 Å². The highest BCUT2D eigenvalue weighted by Crippen LogP contribution is 2.23. The molecule has 0 saturated carbocycles. The van der Waals surface area contributed by atoms with Crippen molar-refractivity contribution in [3.8, 4) is 0 Å². The van der Waals surface area contributed by atoms with Crippen molar-refractivity contribution in [3.05, 3.63) is 69.2 Å². The molecule has 0 heterocycles. The average molecular weight is 308 g/mol. The molecule has 1 atom stereocenters. The van der Waals surface area contributed by atoms with Gasteiger partial charge in [-0.3, -0.25) is 0 Å². The lowest BCUT2D eigenvalue weighted by Crippen LogP contribution is -2.25. The zero-order valence-electron chi connectivity index (χ0n) is 11.6. The monoisotopic (exact) mass is 307 g/mol. The molecule has 2 rings (SSSR count). The van der Waals surface area contributed by atoms with Gasteiger partial charge in [-0.2, -0.15) is 0 Å². The fourth-order valence-corrected chi connectivity index (χ4v) is 2.58. The van der Waals surface area contributed by atoms with E-state index in [4.69, 9.17) is 28.9 Å². The Morgan fingerprint density at radius 3 is 2.00 bits per heavy atom. The number of rotatable bonds is 5. The van der Waals surface area contributed by atoms with E-state index in [1.54, 1.807) is 0 Å². The first-order valence-electron chi connectivity index (χ1n) is 6.85. The minimum atomic E-state index is 0.0831. The molecule has 1 nitrogen and oxygen atoms in total. The van der Waals surface area contributed by atoms with Crippen molar-refractivity contribution >= 4 is 23.2 Å². The van der Waals surface area contributed by atoms with Gasteiger partial charge in [0.2, 0.25) is 0 Å². The van der Waals surface area contributed by atoms with Crippen LogP contribution in [-0.4, -0.2) is 6.04 Å². The molecule has 0 aliphatic carbocycles. The van der Waals surface area contributed by atoms with Crippen LogP contribution in [0, 0.1) is 0 Å². The highest BCUT2D eigenvalue weighted by atomic mass is 35.5. The van der Waals surface area contributed by atoms with Gasteiger partial charge in [0.1, 0.15) is 0 Å². The first-order chi connectivity index (χ1) is 9.58. The molecular weight excluding hydrogens is 289 g/mol. The second-order valence-electron chi connectivity index (χ2n) is 5.09. The molecular formula is C17H19Cl2N. The van der Waals surface area contributed by atoms with Crippen molar-refractivity contribution in [2.75, 3.05) is 0 Å². The van der Waals surface area contributed by atoms with Gasteiger partial charge in [-0.05, 0) is 48.1 Å². The number of aryl methyl sites for hydroxylation is 1. The van der Waals surface area contributed by atoms with Crippen LogP contribution in [-0.2, 0) is 19.3 Å². The third-order valence-corrected chi connectivity index (χ3v) is 4.15. The summed E-state index contributed by atoms with van der Waals surface area (Å²) in [6.07, 6.45) is 2.73. The topological polar surface area (TPSA) is 26.0 Å². The van der Waals surface area contributed by atoms with Crippen molar-refractivity contribution in [2.45, 2.75) is 32.2 Å². The first-order valence-corrected chi connectivity index (χ1v) is 7.61. The van der Waals surface area contributed by atoms with Gasteiger partial charge in [0.05, 0.1) is 10.0 Å². The highest BCUT2D eigenvalue weighted by Gasteiger charge is 2.07. The number of hydrogen-bond acceptors (Lipinski definition) is 1. The van der Waals surface area contributed by atoms with E-state index in [-0.39, 0.29) is 6.04 Å². The summed E-state index contributed by atoms with van der Waals surface area (Å²) in [5.74, 6) is 0. The largest absolute Gasteiger partial charge is 0.327 e. The molecule has 0 aliphatic rings. The summed E-state index contributed by atoms with van der Waals surface area (Å²) in [5, 5.41) is 1.17. The number of halogens is 2. The lowest BCUT2D eigenvalue weighted by molar-refractivity contribution is 0.665. The zero-order valence-corrected chi connectivity index (χ0v) is 13.1. The Bertz CT molecular complexity index is 564. The molecule has 2 aromatic carbocycles. The van der Waals surface area contributed by atoms with E-state index in [1.165, 1.54) is 11.1 Å². The quantitative estimate of drug-likeness (QED) is 0.853. The molecule has 2 N–H and O–H groups in total. The Hall–Kier alpha value is -1.02. The summed E-state index contributed by atoms with van der Waals surface area (Å²) in [7, 11) is 0. The Morgan fingerprint density at radius 1 is 0.850 bits per heavy atom. The van der Waals surface area contributed by atoms with Crippen LogP contribution < -0.4 is 5.73 Å². The van der Waals surface area contributed by atoms with Crippen LogP contribution in [0.25, 0.3) is 0 Å². The van der Waals surface area contributed by atoms with E-state index in [2.05, 4.69) is 31.2 Å². The van der Waals surface area contributed by atoms with E-state index in [0.717, 1.165) is 24.8 Å². The summed E-state index contributed by atoms with van der Waals surface area (Å²) in [4.78, 5) is 0. The van der Waals surface area contributed by atoms with Gasteiger partial charge in [-0.15, -0.1) is 0 Å². The van der Waals surface area contributed by atoms with Gasteiger partial charge in [-0.25, -0.2) is 0 Å². The van der Waals surface area contributed by atoms with Gasteiger partial charge in [0, 0.05) is 6.04 Å². The van der Waals surface area contributed by atoms with Crippen molar-refractivity contribution in [3.63, 3.8) is 0 Å². The lowest BCUT2D eigenvalue weighted by Gasteiger charge is -2.12. The second-order valence-corrected chi connectivity index (χ2v) is 5.90. The fourth-order valence-electron chi connectivity index (χ4n) is 2.26. The van der Waals surface area contributed by atoms with Crippen LogP contribution in [0.1, 0.15) is 23.6 Å². The Labute approximate surface area is 130 Å². The minimum Gasteiger partial charge on any atom is -0.327 e. The summed E-state index contributed by atoms with van der Waals surface area (Å²) in [6.45, 7) is 2.16. The van der Waals surface area contributed by atoms with Crippen molar-refractivity contribution < 1.29 is 0 Å². The summed E-state index contributed by atoms with van der Waals surface area (Å²) in [5.41, 5.74) is 9.97. The van der Waals surface area contributed by atoms with Crippen molar-refractivity contribution in [2.24, 2.45) is 5.73 Å². The molecule has 20 heavy (non-hydrogen) atoms. The molecule has 106 valence electrons. The van der Waals surface area contributed by atoms with Gasteiger partial charge < -0.3 is 5.73 Å². The minimum absolute atomic E-state index is 0.0831. The second kappa shape index (κ2) is 7.12. The molecule has 2 aromatic rings. The first kappa shape index (κ1) is 15.4. The smallest absolute Gasteiger partial charge is 0.0595 e. The van der Waals surface area contributed by atoms with Crippen LogP contribution in [0.5, 0.6) is 0 Å². The average Bonchev–Trinajstić information content (AvgIpc) is 2.44. The van der Waals surface area contributed by atoms with Crippen LogP contribution in [0.4, 0.5) is 0 Å². The van der Waals surface area contributed by atoms with Crippen LogP contribution in [0.15, 0.2) is 42.5 Å². The van der Waals surface area contributed by atoms with Crippen LogP contribution in [0.2, 0.25) is 10.0 Å². The Balaban J connectivity index is 1.97. The SMILES string of the molecule is CCc1ccc(CC(N)Cc2ccc(Cl)c(Cl)c2)cc1. The Kier molecular flexibility index (Phi) is 5.47. The molecule has 0 amide bonds. The zero-order chi connectivity index (χ0) is 14.5. The van der Waals surface area contributed by atoms with E-state index < -0.39 is 0 Å². The third kappa shape index (κ3) is 4.24. The lowest BCUT2D eigenvalue weighted by atomic mass is 9.99. The predicted molar refractivity (Wildman–Crippen MR) is 87.7 cm³/mol. The number of hydrogen-bond donors (Lipinski definition) is 1. The van der Waals surface area contributed by atoms with Crippen LogP contribution in [0.3, 0.4) is 0 Å². The highest BCUT2D eigenvalue weighted by molar-refractivity contribution is 6.42. The standard InChI is InChI=1S/C17H19Cl2N/c1-2-12-3-5-13(6-4-12)9-15(20)10-14-7-8-16(18)17(19)11-14/h3-8,11,15H,2,9-10,20H2,1H3. The maximum Gasteiger partial charge on any atom is 0.0595 e. The Morgan fingerprint density at radius 2 is 1.40 bits per heavy atom. The number of nitrogens with two attached hydrogens (primary N) is 1. The van der Waals surface area contributed by atoms with Crippen molar-refractivity contribution in [1.29, 1.82) is 0 Å². The maximum absolute atomic E-state index is 6.22. The summed E-state index contributed by atoms with van der Waals surface area (Å²) in [6, 6.07) is 14.4. The number of benzene rings is 2. The van der Waals surface area contributed by atoms with E-state index in [9.17, 15) is 0 Å². The predicted octanol–water partition coefficient (Wildman–Crippen LogP) is 4.67.